The van der Waals surface area contributed by atoms with Gasteiger partial charge in [-0.1, -0.05) is 18.2 Å². The van der Waals surface area contributed by atoms with E-state index in [0.717, 1.165) is 0 Å². The van der Waals surface area contributed by atoms with Crippen LogP contribution in [-0.4, -0.2) is 29.8 Å². The topological polar surface area (TPSA) is 137 Å². The van der Waals surface area contributed by atoms with Gasteiger partial charge in [0.05, 0.1) is 11.6 Å². The van der Waals surface area contributed by atoms with Crippen LogP contribution in [-0.2, 0) is 14.3 Å². The number of anilines is 1. The molecular formula is C20H18N4O5. The first-order valence-corrected chi connectivity index (χ1v) is 8.54. The molecule has 0 spiro atoms. The summed E-state index contributed by atoms with van der Waals surface area (Å²) in [5.74, 6) is -2.43. The van der Waals surface area contributed by atoms with Crippen molar-refractivity contribution in [3.05, 3.63) is 65.7 Å². The highest BCUT2D eigenvalue weighted by atomic mass is 16.5. The molecule has 9 heteroatoms. The van der Waals surface area contributed by atoms with Gasteiger partial charge in [-0.3, -0.25) is 25.2 Å². The average Bonchev–Trinajstić information content (AvgIpc) is 2.72. The predicted octanol–water partition coefficient (Wildman–Crippen LogP) is 1.55. The average molecular weight is 394 g/mol. The summed E-state index contributed by atoms with van der Waals surface area (Å²) in [5.41, 5.74) is 5.36. The zero-order chi connectivity index (χ0) is 21.2. The standard InChI is InChI=1S/C20H18N4O5/c1-13(18(26)23-24-19(27)14-5-3-2-4-6-14)29-20(28)15-7-9-16(10-8-15)22-17(25)11-12-21/h2-10,13H,11H2,1H3,(H,22,25)(H,23,26)(H,24,27)/t13-/m1/s1. The number of hydrogen-bond acceptors (Lipinski definition) is 6. The summed E-state index contributed by atoms with van der Waals surface area (Å²) in [6.07, 6.45) is -1.44. The second-order valence-electron chi connectivity index (χ2n) is 5.82. The number of nitriles is 1. The third kappa shape index (κ3) is 6.48. The fourth-order valence-corrected chi connectivity index (χ4v) is 2.13. The summed E-state index contributed by atoms with van der Waals surface area (Å²) in [5, 5.41) is 10.9. The minimum Gasteiger partial charge on any atom is -0.449 e. The quantitative estimate of drug-likeness (QED) is 0.502. The van der Waals surface area contributed by atoms with Gasteiger partial charge in [-0.2, -0.15) is 5.26 Å². The van der Waals surface area contributed by atoms with E-state index in [2.05, 4.69) is 16.2 Å². The number of nitrogens with one attached hydrogen (secondary N) is 3. The van der Waals surface area contributed by atoms with Crippen LogP contribution in [0.3, 0.4) is 0 Å². The summed E-state index contributed by atoms with van der Waals surface area (Å²) in [6, 6.07) is 15.8. The molecule has 0 bridgehead atoms. The van der Waals surface area contributed by atoms with E-state index < -0.39 is 29.8 Å². The maximum absolute atomic E-state index is 12.1. The molecule has 3 N–H and O–H groups in total. The Balaban J connectivity index is 1.84. The van der Waals surface area contributed by atoms with Gasteiger partial charge in [0.2, 0.25) is 5.91 Å². The van der Waals surface area contributed by atoms with Crippen molar-refractivity contribution in [1.82, 2.24) is 10.9 Å². The number of hydrazine groups is 1. The molecule has 0 aromatic heterocycles. The van der Waals surface area contributed by atoms with Gasteiger partial charge in [-0.25, -0.2) is 4.79 Å². The van der Waals surface area contributed by atoms with Crippen molar-refractivity contribution in [3.63, 3.8) is 0 Å². The number of nitrogens with zero attached hydrogens (tertiary/aromatic N) is 1. The normalized spacial score (nSPS) is 10.8. The van der Waals surface area contributed by atoms with Crippen LogP contribution in [0, 0.1) is 11.3 Å². The second-order valence-corrected chi connectivity index (χ2v) is 5.82. The first-order valence-electron chi connectivity index (χ1n) is 8.54. The van der Waals surface area contributed by atoms with E-state index >= 15 is 0 Å². The molecule has 2 aromatic rings. The molecule has 1 atom stereocenters. The van der Waals surface area contributed by atoms with Crippen molar-refractivity contribution in [2.45, 2.75) is 19.4 Å². The van der Waals surface area contributed by atoms with Crippen molar-refractivity contribution >= 4 is 29.4 Å². The Bertz CT molecular complexity index is 936. The lowest BCUT2D eigenvalue weighted by molar-refractivity contribution is -0.129. The van der Waals surface area contributed by atoms with Crippen LogP contribution in [0.5, 0.6) is 0 Å². The van der Waals surface area contributed by atoms with Crippen LogP contribution in [0.1, 0.15) is 34.1 Å². The molecule has 2 aromatic carbocycles. The Morgan fingerprint density at radius 1 is 0.966 bits per heavy atom. The van der Waals surface area contributed by atoms with Gasteiger partial charge in [0.15, 0.2) is 6.10 Å². The largest absolute Gasteiger partial charge is 0.449 e. The minimum atomic E-state index is -1.16. The zero-order valence-electron chi connectivity index (χ0n) is 15.5. The molecule has 0 fully saturated rings. The molecule has 2 rings (SSSR count). The van der Waals surface area contributed by atoms with Gasteiger partial charge in [0.25, 0.3) is 11.8 Å². The van der Waals surface area contributed by atoms with Gasteiger partial charge >= 0.3 is 5.97 Å². The first-order chi connectivity index (χ1) is 13.9. The molecule has 0 radical (unpaired) electrons. The number of benzene rings is 2. The van der Waals surface area contributed by atoms with Gasteiger partial charge < -0.3 is 10.1 Å². The smallest absolute Gasteiger partial charge is 0.338 e. The Kier molecular flexibility index (Phi) is 7.44. The minimum absolute atomic E-state index is 0.163. The van der Waals surface area contributed by atoms with Crippen molar-refractivity contribution in [2.24, 2.45) is 0 Å². The Labute approximate surface area is 166 Å². The number of amides is 3. The van der Waals surface area contributed by atoms with Crippen molar-refractivity contribution in [2.75, 3.05) is 5.32 Å². The molecule has 0 aliphatic carbocycles. The lowest BCUT2D eigenvalue weighted by Gasteiger charge is -2.14. The Morgan fingerprint density at radius 3 is 2.24 bits per heavy atom. The lowest BCUT2D eigenvalue weighted by Crippen LogP contribution is -2.46. The van der Waals surface area contributed by atoms with Crippen molar-refractivity contribution in [1.29, 1.82) is 5.26 Å². The maximum Gasteiger partial charge on any atom is 0.338 e. The SMILES string of the molecule is C[C@@H](OC(=O)c1ccc(NC(=O)CC#N)cc1)C(=O)NNC(=O)c1ccccc1. The number of carbonyl (C=O) groups excluding carboxylic acids is 4. The van der Waals surface area contributed by atoms with Gasteiger partial charge in [-0.05, 0) is 43.3 Å². The molecule has 0 saturated carbocycles. The van der Waals surface area contributed by atoms with Crippen LogP contribution >= 0.6 is 0 Å². The zero-order valence-corrected chi connectivity index (χ0v) is 15.5. The fraction of sp³-hybridized carbons (Fsp3) is 0.150. The van der Waals surface area contributed by atoms with Crippen LogP contribution < -0.4 is 16.2 Å². The number of esters is 1. The molecule has 0 aliphatic rings. The maximum atomic E-state index is 12.1. The highest BCUT2D eigenvalue weighted by molar-refractivity contribution is 5.97. The second kappa shape index (κ2) is 10.2. The third-order valence-corrected chi connectivity index (χ3v) is 3.63. The summed E-state index contributed by atoms with van der Waals surface area (Å²) in [6.45, 7) is 1.36. The molecule has 0 heterocycles. The molecule has 0 saturated heterocycles. The highest BCUT2D eigenvalue weighted by Gasteiger charge is 2.19. The third-order valence-electron chi connectivity index (χ3n) is 3.63. The summed E-state index contributed by atoms with van der Waals surface area (Å²) in [7, 11) is 0. The van der Waals surface area contributed by atoms with E-state index in [4.69, 9.17) is 10.00 Å². The first kappa shape index (κ1) is 21.1. The van der Waals surface area contributed by atoms with E-state index in [1.165, 1.54) is 31.2 Å². The van der Waals surface area contributed by atoms with Crippen molar-refractivity contribution < 1.29 is 23.9 Å². The van der Waals surface area contributed by atoms with Crippen molar-refractivity contribution in [3.8, 4) is 6.07 Å². The van der Waals surface area contributed by atoms with E-state index in [0.29, 0.717) is 11.3 Å². The molecule has 0 aliphatic heterocycles. The lowest BCUT2D eigenvalue weighted by atomic mass is 10.2. The van der Waals surface area contributed by atoms with E-state index in [-0.39, 0.29) is 12.0 Å². The van der Waals surface area contributed by atoms with Gasteiger partial charge in [-0.15, -0.1) is 0 Å². The Hall–Kier alpha value is -4.19. The van der Waals surface area contributed by atoms with Gasteiger partial charge in [0.1, 0.15) is 6.42 Å². The van der Waals surface area contributed by atoms with E-state index in [1.54, 1.807) is 36.4 Å². The summed E-state index contributed by atoms with van der Waals surface area (Å²) >= 11 is 0. The highest BCUT2D eigenvalue weighted by Crippen LogP contribution is 2.12. The van der Waals surface area contributed by atoms with Crippen LogP contribution in [0.4, 0.5) is 5.69 Å². The van der Waals surface area contributed by atoms with Crippen LogP contribution in [0.2, 0.25) is 0 Å². The fourth-order valence-electron chi connectivity index (χ4n) is 2.13. The van der Waals surface area contributed by atoms with E-state index in [1.807, 2.05) is 0 Å². The predicted molar refractivity (Wildman–Crippen MR) is 102 cm³/mol. The number of hydrogen-bond donors (Lipinski definition) is 3. The molecule has 9 nitrogen and oxygen atoms in total. The number of rotatable bonds is 6. The number of ether oxygens (including phenoxy) is 1. The molecule has 29 heavy (non-hydrogen) atoms. The molecule has 0 unspecified atom stereocenters. The number of carbonyl (C=O) groups is 4. The summed E-state index contributed by atoms with van der Waals surface area (Å²) in [4.78, 5) is 47.4. The van der Waals surface area contributed by atoms with Gasteiger partial charge in [0, 0.05) is 11.3 Å². The monoisotopic (exact) mass is 394 g/mol. The van der Waals surface area contributed by atoms with Crippen LogP contribution in [0.15, 0.2) is 54.6 Å². The Morgan fingerprint density at radius 2 is 1.62 bits per heavy atom. The molecule has 3 amide bonds. The molecule has 148 valence electrons. The van der Waals surface area contributed by atoms with E-state index in [9.17, 15) is 19.2 Å². The molecular weight excluding hydrogens is 376 g/mol. The van der Waals surface area contributed by atoms with Crippen LogP contribution in [0.25, 0.3) is 0 Å². The summed E-state index contributed by atoms with van der Waals surface area (Å²) < 4.78 is 5.06.